The topological polar surface area (TPSA) is 75.5 Å². The van der Waals surface area contributed by atoms with Gasteiger partial charge in [0.2, 0.25) is 0 Å². The Hall–Kier alpha value is -3.96. The fourth-order valence-electron chi connectivity index (χ4n) is 4.80. The van der Waals surface area contributed by atoms with Crippen LogP contribution in [-0.4, -0.2) is 24.5 Å². The Labute approximate surface area is 188 Å². The highest BCUT2D eigenvalue weighted by molar-refractivity contribution is 6.17. The lowest BCUT2D eigenvalue weighted by Gasteiger charge is -2.37. The van der Waals surface area contributed by atoms with E-state index in [-0.39, 0.29) is 11.4 Å². The van der Waals surface area contributed by atoms with Crippen molar-refractivity contribution in [1.82, 2.24) is 0 Å². The molecule has 5 heteroatoms. The van der Waals surface area contributed by atoms with Crippen molar-refractivity contribution in [2.75, 3.05) is 18.0 Å². The van der Waals surface area contributed by atoms with E-state index in [1.807, 2.05) is 48.5 Å². The number of benzene rings is 2. The van der Waals surface area contributed by atoms with Crippen molar-refractivity contribution in [3.05, 3.63) is 82.2 Å². The van der Waals surface area contributed by atoms with Gasteiger partial charge in [0.1, 0.15) is 12.1 Å². The molecule has 0 fully saturated rings. The second-order valence-electron chi connectivity index (χ2n) is 8.34. The van der Waals surface area contributed by atoms with Crippen molar-refractivity contribution in [3.63, 3.8) is 0 Å². The Balaban J connectivity index is 1.50. The van der Waals surface area contributed by atoms with Crippen LogP contribution in [0.3, 0.4) is 0 Å². The molecular formula is C27H23N5. The molecule has 5 nitrogen and oxygen atoms in total. The van der Waals surface area contributed by atoms with Crippen LogP contribution in [0.4, 0.5) is 5.69 Å². The number of hydrogen-bond donors (Lipinski definition) is 0. The Kier molecular flexibility index (Phi) is 5.40. The molecule has 32 heavy (non-hydrogen) atoms. The molecular weight excluding hydrogens is 394 g/mol. The van der Waals surface area contributed by atoms with E-state index in [1.54, 1.807) is 0 Å². The number of nitrogens with zero attached hydrogens (tertiary/aromatic N) is 5. The molecule has 0 N–H and O–H groups in total. The highest BCUT2D eigenvalue weighted by Crippen LogP contribution is 2.36. The summed E-state index contributed by atoms with van der Waals surface area (Å²) in [5.41, 5.74) is 8.02. The van der Waals surface area contributed by atoms with Crippen LogP contribution in [0.25, 0.3) is 6.08 Å². The van der Waals surface area contributed by atoms with Crippen LogP contribution in [0.2, 0.25) is 0 Å². The molecule has 5 rings (SSSR count). The molecule has 0 spiro atoms. The molecule has 2 aromatic rings. The Bertz CT molecular complexity index is 1230. The standard InChI is InChI=1S/C27H23N5/c28-17-25-26(18-29)31-24(20-6-2-1-3-7-20)16-23(30-25)11-10-19-14-21-8-4-12-32-13-5-9-22(15-19)27(21)32/h1-3,6-7,10-11,14-15H,4-5,8-9,12-13,16H2/b11-10+. The summed E-state index contributed by atoms with van der Waals surface area (Å²) in [7, 11) is 0. The summed E-state index contributed by atoms with van der Waals surface area (Å²) in [6, 6.07) is 18.4. The zero-order valence-corrected chi connectivity index (χ0v) is 17.9. The fraction of sp³-hybridized carbons (Fsp3) is 0.259. The molecule has 0 atom stereocenters. The van der Waals surface area contributed by atoms with Gasteiger partial charge in [-0.25, -0.2) is 9.98 Å². The quantitative estimate of drug-likeness (QED) is 0.706. The number of aliphatic imine (C=N–C) groups is 2. The van der Waals surface area contributed by atoms with Crippen LogP contribution in [0.1, 0.15) is 41.5 Å². The van der Waals surface area contributed by atoms with E-state index in [4.69, 9.17) is 0 Å². The van der Waals surface area contributed by atoms with Gasteiger partial charge in [0.05, 0.1) is 5.71 Å². The van der Waals surface area contributed by atoms with Gasteiger partial charge in [-0.3, -0.25) is 0 Å². The number of rotatable bonds is 3. The third kappa shape index (κ3) is 3.86. The predicted octanol–water partition coefficient (Wildman–Crippen LogP) is 4.99. The summed E-state index contributed by atoms with van der Waals surface area (Å²) < 4.78 is 0. The van der Waals surface area contributed by atoms with Gasteiger partial charge in [-0.1, -0.05) is 36.4 Å². The molecule has 0 saturated heterocycles. The maximum atomic E-state index is 9.55. The summed E-state index contributed by atoms with van der Waals surface area (Å²) in [6.07, 6.45) is 9.17. The normalized spacial score (nSPS) is 17.8. The van der Waals surface area contributed by atoms with Crippen LogP contribution in [0.5, 0.6) is 0 Å². The van der Waals surface area contributed by atoms with Gasteiger partial charge in [-0.05, 0) is 66.1 Å². The maximum Gasteiger partial charge on any atom is 0.177 e. The lowest BCUT2D eigenvalue weighted by molar-refractivity contribution is 0.634. The average Bonchev–Trinajstić information content (AvgIpc) is 3.03. The van der Waals surface area contributed by atoms with Gasteiger partial charge in [0, 0.05) is 30.9 Å². The van der Waals surface area contributed by atoms with Gasteiger partial charge >= 0.3 is 0 Å². The van der Waals surface area contributed by atoms with E-state index >= 15 is 0 Å². The fourth-order valence-corrected chi connectivity index (χ4v) is 4.80. The van der Waals surface area contributed by atoms with E-state index in [1.165, 1.54) is 29.7 Å². The van der Waals surface area contributed by atoms with Crippen LogP contribution in [0.15, 0.2) is 69.9 Å². The first-order valence-electron chi connectivity index (χ1n) is 11.1. The zero-order valence-electron chi connectivity index (χ0n) is 17.9. The van der Waals surface area contributed by atoms with Crippen molar-refractivity contribution in [2.45, 2.75) is 32.1 Å². The molecule has 0 bridgehead atoms. The lowest BCUT2D eigenvalue weighted by Crippen LogP contribution is -2.34. The summed E-state index contributed by atoms with van der Waals surface area (Å²) >= 11 is 0. The van der Waals surface area contributed by atoms with Gasteiger partial charge in [-0.2, -0.15) is 10.5 Å². The minimum Gasteiger partial charge on any atom is -0.371 e. The van der Waals surface area contributed by atoms with Gasteiger partial charge in [0.15, 0.2) is 11.4 Å². The van der Waals surface area contributed by atoms with Crippen LogP contribution in [0, 0.1) is 22.7 Å². The van der Waals surface area contributed by atoms with E-state index in [9.17, 15) is 10.5 Å². The molecule has 3 aliphatic heterocycles. The first-order valence-corrected chi connectivity index (χ1v) is 11.1. The number of aryl methyl sites for hydroxylation is 2. The highest BCUT2D eigenvalue weighted by Gasteiger charge is 2.24. The molecule has 0 amide bonds. The first-order chi connectivity index (χ1) is 15.7. The van der Waals surface area contributed by atoms with Crippen LogP contribution in [-0.2, 0) is 12.8 Å². The summed E-state index contributed by atoms with van der Waals surface area (Å²) in [4.78, 5) is 11.5. The van der Waals surface area contributed by atoms with Crippen molar-refractivity contribution < 1.29 is 0 Å². The highest BCUT2D eigenvalue weighted by atomic mass is 15.1. The molecule has 3 heterocycles. The number of anilines is 1. The van der Waals surface area contributed by atoms with Gasteiger partial charge < -0.3 is 4.90 Å². The number of nitriles is 2. The maximum absolute atomic E-state index is 9.55. The molecule has 2 aromatic carbocycles. The predicted molar refractivity (Wildman–Crippen MR) is 128 cm³/mol. The number of hydrogen-bond acceptors (Lipinski definition) is 5. The van der Waals surface area contributed by atoms with Crippen molar-refractivity contribution >= 4 is 23.2 Å². The second-order valence-corrected chi connectivity index (χ2v) is 8.34. The zero-order chi connectivity index (χ0) is 21.9. The molecule has 0 aromatic heterocycles. The molecule has 3 aliphatic rings. The first kappa shape index (κ1) is 20.0. The largest absolute Gasteiger partial charge is 0.371 e. The summed E-state index contributed by atoms with van der Waals surface area (Å²) in [5, 5.41) is 19.1. The third-order valence-electron chi connectivity index (χ3n) is 6.22. The SMILES string of the molecule is N#CC1=C(C#N)N=C(c2ccccc2)CC(/C=C/c2cc3c4c(c2)CCCN4CCC3)=N1. The molecule has 156 valence electrons. The molecule has 0 saturated carbocycles. The molecule has 0 radical (unpaired) electrons. The monoisotopic (exact) mass is 417 g/mol. The van der Waals surface area contributed by atoms with E-state index in [2.05, 4.69) is 33.1 Å². The number of allylic oxidation sites excluding steroid dienone is 3. The Morgan fingerprint density at radius 1 is 0.844 bits per heavy atom. The smallest absolute Gasteiger partial charge is 0.177 e. The minimum absolute atomic E-state index is 0.0630. The molecule has 0 unspecified atom stereocenters. The van der Waals surface area contributed by atoms with Crippen molar-refractivity contribution in [3.8, 4) is 12.1 Å². The third-order valence-corrected chi connectivity index (χ3v) is 6.22. The van der Waals surface area contributed by atoms with E-state index in [0.29, 0.717) is 6.42 Å². The summed E-state index contributed by atoms with van der Waals surface area (Å²) in [5.74, 6) is 0. The second kappa shape index (κ2) is 8.65. The minimum atomic E-state index is 0.0630. The van der Waals surface area contributed by atoms with Crippen LogP contribution >= 0.6 is 0 Å². The van der Waals surface area contributed by atoms with E-state index < -0.39 is 0 Å². The Morgan fingerprint density at radius 2 is 1.50 bits per heavy atom. The lowest BCUT2D eigenvalue weighted by atomic mass is 9.90. The van der Waals surface area contributed by atoms with Crippen molar-refractivity contribution in [1.29, 1.82) is 10.5 Å². The molecule has 0 aliphatic carbocycles. The van der Waals surface area contributed by atoms with Gasteiger partial charge in [-0.15, -0.1) is 0 Å². The summed E-state index contributed by atoms with van der Waals surface area (Å²) in [6.45, 7) is 2.33. The van der Waals surface area contributed by atoms with Gasteiger partial charge in [0.25, 0.3) is 0 Å². The Morgan fingerprint density at radius 3 is 2.16 bits per heavy atom. The van der Waals surface area contributed by atoms with Crippen molar-refractivity contribution in [2.24, 2.45) is 9.98 Å². The average molecular weight is 418 g/mol. The van der Waals surface area contributed by atoms with Crippen LogP contribution < -0.4 is 4.90 Å². The van der Waals surface area contributed by atoms with E-state index in [0.717, 1.165) is 48.5 Å².